The second-order valence-electron chi connectivity index (χ2n) is 7.39. The van der Waals surface area contributed by atoms with Gasteiger partial charge in [-0.1, -0.05) is 19.1 Å². The lowest BCUT2D eigenvalue weighted by atomic mass is 10.0. The predicted octanol–water partition coefficient (Wildman–Crippen LogP) is 4.87. The summed E-state index contributed by atoms with van der Waals surface area (Å²) in [5, 5.41) is 4.33. The lowest BCUT2D eigenvalue weighted by Crippen LogP contribution is -2.31. The topological polar surface area (TPSA) is 33.1 Å². The van der Waals surface area contributed by atoms with Gasteiger partial charge in [0, 0.05) is 30.3 Å². The average Bonchev–Trinajstić information content (AvgIpc) is 3.30. The van der Waals surface area contributed by atoms with Crippen molar-refractivity contribution in [2.24, 2.45) is 0 Å². The minimum absolute atomic E-state index is 0.0282. The van der Waals surface area contributed by atoms with Crippen LogP contribution in [0, 0.1) is 13.8 Å². The van der Waals surface area contributed by atoms with Crippen LogP contribution in [0.4, 0.5) is 0 Å². The third-order valence-electron chi connectivity index (χ3n) is 5.51. The Morgan fingerprint density at radius 3 is 2.64 bits per heavy atom. The van der Waals surface area contributed by atoms with Crippen molar-refractivity contribution in [3.05, 3.63) is 83.4 Å². The van der Waals surface area contributed by atoms with E-state index in [1.165, 1.54) is 22.5 Å². The highest BCUT2D eigenvalue weighted by Gasteiger charge is 2.40. The van der Waals surface area contributed by atoms with E-state index in [1.54, 1.807) is 0 Å². The van der Waals surface area contributed by atoms with Crippen LogP contribution in [0.25, 0.3) is 5.69 Å². The van der Waals surface area contributed by atoms with Gasteiger partial charge in [0.15, 0.2) is 5.11 Å². The largest absolute Gasteiger partial charge is 0.352 e. The molecule has 3 heterocycles. The van der Waals surface area contributed by atoms with Crippen LogP contribution in [0.3, 0.4) is 0 Å². The average molecular weight is 391 g/mol. The molecule has 144 valence electrons. The Morgan fingerprint density at radius 2 is 1.93 bits per heavy atom. The van der Waals surface area contributed by atoms with E-state index in [-0.39, 0.29) is 12.1 Å². The summed E-state index contributed by atoms with van der Waals surface area (Å²) >= 11 is 5.71. The van der Waals surface area contributed by atoms with E-state index in [9.17, 15) is 0 Å². The summed E-state index contributed by atoms with van der Waals surface area (Å²) in [5.41, 5.74) is 6.02. The van der Waals surface area contributed by atoms with Crippen LogP contribution in [0.5, 0.6) is 0 Å². The molecular weight excluding hydrogens is 364 g/mol. The van der Waals surface area contributed by atoms with E-state index in [4.69, 9.17) is 12.2 Å². The zero-order chi connectivity index (χ0) is 19.7. The maximum Gasteiger partial charge on any atom is 0.170 e. The Labute approximate surface area is 172 Å². The van der Waals surface area contributed by atoms with Crippen LogP contribution in [-0.4, -0.2) is 26.1 Å². The third-order valence-corrected chi connectivity index (χ3v) is 5.87. The molecule has 0 bridgehead atoms. The van der Waals surface area contributed by atoms with Gasteiger partial charge in [-0.15, -0.1) is 0 Å². The number of rotatable bonds is 5. The second kappa shape index (κ2) is 7.76. The maximum atomic E-state index is 5.71. The van der Waals surface area contributed by atoms with Gasteiger partial charge in [-0.2, -0.15) is 0 Å². The molecule has 0 aliphatic carbocycles. The van der Waals surface area contributed by atoms with Crippen LogP contribution >= 0.6 is 12.2 Å². The summed E-state index contributed by atoms with van der Waals surface area (Å²) < 4.78 is 2.28. The van der Waals surface area contributed by atoms with Crippen molar-refractivity contribution in [3.63, 3.8) is 0 Å². The monoisotopic (exact) mass is 390 g/mol. The van der Waals surface area contributed by atoms with Crippen molar-refractivity contribution in [3.8, 4) is 5.69 Å². The standard InChI is InChI=1S/C23H26N4S/c1-4-13-27-22(21(25-23(27)28)19-8-5-6-12-24-19)20-9-7-14-26(20)18-11-10-16(2)17(3)15-18/h5-12,14-15,21-22H,4,13H2,1-3H3,(H,25,28)/t21-,22+/m0/s1. The molecule has 1 fully saturated rings. The first-order valence-corrected chi connectivity index (χ1v) is 10.2. The van der Waals surface area contributed by atoms with E-state index >= 15 is 0 Å². The molecule has 1 aliphatic heterocycles. The molecule has 2 aromatic heterocycles. The molecule has 4 nitrogen and oxygen atoms in total. The first-order chi connectivity index (χ1) is 13.6. The zero-order valence-electron chi connectivity index (χ0n) is 16.6. The van der Waals surface area contributed by atoms with Crippen molar-refractivity contribution >= 4 is 17.3 Å². The number of pyridine rings is 1. The van der Waals surface area contributed by atoms with Gasteiger partial charge in [-0.05, 0) is 80.0 Å². The van der Waals surface area contributed by atoms with E-state index in [0.717, 1.165) is 23.8 Å². The summed E-state index contributed by atoms with van der Waals surface area (Å²) in [7, 11) is 0. The summed E-state index contributed by atoms with van der Waals surface area (Å²) in [6.07, 6.45) is 5.03. The molecule has 5 heteroatoms. The smallest absolute Gasteiger partial charge is 0.170 e. The maximum absolute atomic E-state index is 5.71. The Kier molecular flexibility index (Phi) is 5.18. The molecule has 1 aliphatic rings. The fourth-order valence-corrected chi connectivity index (χ4v) is 4.29. The number of nitrogens with zero attached hydrogens (tertiary/aromatic N) is 3. The zero-order valence-corrected chi connectivity index (χ0v) is 17.4. The number of aryl methyl sites for hydroxylation is 2. The molecule has 1 N–H and O–H groups in total. The minimum atomic E-state index is 0.0282. The number of thiocarbonyl (C=S) groups is 1. The quantitative estimate of drug-likeness (QED) is 0.630. The number of hydrogen-bond acceptors (Lipinski definition) is 2. The molecular formula is C23H26N4S. The van der Waals surface area contributed by atoms with Gasteiger partial charge >= 0.3 is 0 Å². The third kappa shape index (κ3) is 3.31. The molecule has 0 radical (unpaired) electrons. The van der Waals surface area contributed by atoms with E-state index in [1.807, 2.05) is 18.3 Å². The Balaban J connectivity index is 1.81. The first-order valence-electron chi connectivity index (χ1n) is 9.83. The van der Waals surface area contributed by atoms with Crippen molar-refractivity contribution in [1.29, 1.82) is 0 Å². The molecule has 1 aromatic carbocycles. The van der Waals surface area contributed by atoms with Gasteiger partial charge in [-0.25, -0.2) is 0 Å². The predicted molar refractivity (Wildman–Crippen MR) is 118 cm³/mol. The number of hydrogen-bond donors (Lipinski definition) is 1. The Bertz CT molecular complexity index is 979. The van der Waals surface area contributed by atoms with Gasteiger partial charge in [0.1, 0.15) is 0 Å². The second-order valence-corrected chi connectivity index (χ2v) is 7.78. The van der Waals surface area contributed by atoms with Crippen molar-refractivity contribution < 1.29 is 0 Å². The highest BCUT2D eigenvalue weighted by molar-refractivity contribution is 7.80. The van der Waals surface area contributed by atoms with Gasteiger partial charge in [0.05, 0.1) is 17.8 Å². The van der Waals surface area contributed by atoms with Crippen LogP contribution in [0.15, 0.2) is 60.9 Å². The van der Waals surface area contributed by atoms with Crippen LogP contribution in [0.1, 0.15) is 47.9 Å². The fourth-order valence-electron chi connectivity index (χ4n) is 3.95. The van der Waals surface area contributed by atoms with Crippen molar-refractivity contribution in [2.45, 2.75) is 39.3 Å². The Hall–Kier alpha value is -2.66. The molecule has 1 saturated heterocycles. The van der Waals surface area contributed by atoms with Crippen LogP contribution in [0.2, 0.25) is 0 Å². The van der Waals surface area contributed by atoms with E-state index < -0.39 is 0 Å². The molecule has 2 atom stereocenters. The Morgan fingerprint density at radius 1 is 1.07 bits per heavy atom. The van der Waals surface area contributed by atoms with Gasteiger partial charge in [-0.3, -0.25) is 4.98 Å². The van der Waals surface area contributed by atoms with Gasteiger partial charge in [0.2, 0.25) is 0 Å². The van der Waals surface area contributed by atoms with Crippen LogP contribution in [-0.2, 0) is 0 Å². The molecule has 28 heavy (non-hydrogen) atoms. The summed E-state index contributed by atoms with van der Waals surface area (Å²) in [6, 6.07) is 17.1. The SMILES string of the molecule is CCCN1C(=S)N[C@@H](c2ccccn2)[C@H]1c1cccn1-c1ccc(C)c(C)c1. The molecule has 3 aromatic rings. The molecule has 0 unspecified atom stereocenters. The molecule has 0 amide bonds. The molecule has 0 saturated carbocycles. The number of benzene rings is 1. The van der Waals surface area contributed by atoms with E-state index in [0.29, 0.717) is 0 Å². The summed E-state index contributed by atoms with van der Waals surface area (Å²) in [5.74, 6) is 0. The minimum Gasteiger partial charge on any atom is -0.352 e. The number of nitrogens with one attached hydrogen (secondary N) is 1. The van der Waals surface area contributed by atoms with E-state index in [2.05, 4.69) is 83.1 Å². The molecule has 0 spiro atoms. The van der Waals surface area contributed by atoms with Crippen LogP contribution < -0.4 is 5.32 Å². The van der Waals surface area contributed by atoms with Gasteiger partial charge < -0.3 is 14.8 Å². The van der Waals surface area contributed by atoms with Crippen molar-refractivity contribution in [2.75, 3.05) is 6.54 Å². The lowest BCUT2D eigenvalue weighted by Gasteiger charge is -2.28. The highest BCUT2D eigenvalue weighted by Crippen LogP contribution is 2.39. The lowest BCUT2D eigenvalue weighted by molar-refractivity contribution is 0.309. The number of aromatic nitrogens is 2. The summed E-state index contributed by atoms with van der Waals surface area (Å²) in [6.45, 7) is 7.41. The molecule has 4 rings (SSSR count). The normalized spacial score (nSPS) is 19.1. The highest BCUT2D eigenvalue weighted by atomic mass is 32.1. The summed E-state index contributed by atoms with van der Waals surface area (Å²) in [4.78, 5) is 6.93. The van der Waals surface area contributed by atoms with Gasteiger partial charge in [0.25, 0.3) is 0 Å². The van der Waals surface area contributed by atoms with Crippen molar-refractivity contribution in [1.82, 2.24) is 19.8 Å². The first kappa shape index (κ1) is 18.7. The fraction of sp³-hybridized carbons (Fsp3) is 0.304.